The Labute approximate surface area is 117 Å². The predicted molar refractivity (Wildman–Crippen MR) is 76.3 cm³/mol. The lowest BCUT2D eigenvalue weighted by Crippen LogP contribution is -1.96. The molecular weight excluding hydrogens is 257 g/mol. The summed E-state index contributed by atoms with van der Waals surface area (Å²) in [5.74, 6) is 9.15. The van der Waals surface area contributed by atoms with Gasteiger partial charge in [0.2, 0.25) is 0 Å². The minimum absolute atomic E-state index is 0.447. The van der Waals surface area contributed by atoms with E-state index in [-0.39, 0.29) is 0 Å². The number of hydrogen-bond donors (Lipinski definition) is 0. The van der Waals surface area contributed by atoms with Gasteiger partial charge in [0.15, 0.2) is 8.38 Å². The molecule has 0 amide bonds. The molecule has 2 rings (SSSR count). The summed E-state index contributed by atoms with van der Waals surface area (Å²) in [7, 11) is -0.803. The summed E-state index contributed by atoms with van der Waals surface area (Å²) in [6.07, 6.45) is 6.32. The third-order valence-electron chi connectivity index (χ3n) is 4.05. The van der Waals surface area contributed by atoms with Crippen LogP contribution in [0.5, 0.6) is 0 Å². The smallest absolute Gasteiger partial charge is 0.167 e. The highest BCUT2D eigenvalue weighted by Crippen LogP contribution is 2.54. The third kappa shape index (κ3) is 4.77. The van der Waals surface area contributed by atoms with Gasteiger partial charge in [0.1, 0.15) is 0 Å². The highest BCUT2D eigenvalue weighted by Gasteiger charge is 2.47. The Morgan fingerprint density at radius 1 is 1.16 bits per heavy atom. The van der Waals surface area contributed by atoms with Crippen LogP contribution in [0.2, 0.25) is 0 Å². The molecule has 0 bridgehead atoms. The van der Waals surface area contributed by atoms with Gasteiger partial charge < -0.3 is 9.05 Å². The summed E-state index contributed by atoms with van der Waals surface area (Å²) in [4.78, 5) is 0. The van der Waals surface area contributed by atoms with Crippen molar-refractivity contribution in [1.82, 2.24) is 0 Å². The molecule has 19 heavy (non-hydrogen) atoms. The summed E-state index contributed by atoms with van der Waals surface area (Å²) in [6.45, 7) is 3.26. The van der Waals surface area contributed by atoms with Crippen molar-refractivity contribution in [2.24, 2.45) is 17.8 Å². The summed E-state index contributed by atoms with van der Waals surface area (Å²) in [5, 5.41) is 8.43. The molecule has 4 atom stereocenters. The van der Waals surface area contributed by atoms with Gasteiger partial charge in [0.25, 0.3) is 0 Å². The first-order valence-corrected chi connectivity index (χ1v) is 8.77. The van der Waals surface area contributed by atoms with Crippen LogP contribution in [0, 0.1) is 40.9 Å². The zero-order valence-electron chi connectivity index (χ0n) is 11.6. The van der Waals surface area contributed by atoms with Gasteiger partial charge in [-0.1, -0.05) is 0 Å². The van der Waals surface area contributed by atoms with E-state index in [9.17, 15) is 0 Å². The van der Waals surface area contributed by atoms with Crippen LogP contribution < -0.4 is 0 Å². The number of nitrogens with zero attached hydrogens (tertiary/aromatic N) is 1. The summed E-state index contributed by atoms with van der Waals surface area (Å²) >= 11 is 0. The highest BCUT2D eigenvalue weighted by atomic mass is 31.2. The van der Waals surface area contributed by atoms with Gasteiger partial charge in [-0.15, -0.1) is 11.8 Å². The maximum absolute atomic E-state index is 8.43. The molecule has 1 saturated carbocycles. The average molecular weight is 279 g/mol. The molecule has 0 radical (unpaired) electrons. The quantitative estimate of drug-likeness (QED) is 0.405. The van der Waals surface area contributed by atoms with Gasteiger partial charge in [-0.2, -0.15) is 5.26 Å². The number of fused-ring (bicyclic) bond motifs is 1. The van der Waals surface area contributed by atoms with Crippen molar-refractivity contribution in [1.29, 1.82) is 5.26 Å². The molecule has 2 aliphatic rings. The molecular formula is C15H22NO2P. The molecule has 3 nitrogen and oxygen atoms in total. The zero-order chi connectivity index (χ0) is 13.5. The molecule has 4 heteroatoms. The molecule has 0 saturated heterocycles. The van der Waals surface area contributed by atoms with E-state index in [0.717, 1.165) is 43.6 Å². The Morgan fingerprint density at radius 3 is 2.42 bits per heavy atom. The highest BCUT2D eigenvalue weighted by molar-refractivity contribution is 7.46. The molecule has 0 aliphatic heterocycles. The summed E-state index contributed by atoms with van der Waals surface area (Å²) in [6, 6.07) is 2.07. The fourth-order valence-electron chi connectivity index (χ4n) is 3.04. The Morgan fingerprint density at radius 2 is 1.79 bits per heavy atom. The molecule has 0 aromatic heterocycles. The zero-order valence-corrected chi connectivity index (χ0v) is 12.5. The second-order valence-electron chi connectivity index (χ2n) is 5.23. The molecule has 1 unspecified atom stereocenters. The average Bonchev–Trinajstić information content (AvgIpc) is 2.99. The van der Waals surface area contributed by atoms with Gasteiger partial charge in [-0.3, -0.25) is 0 Å². The van der Waals surface area contributed by atoms with Crippen molar-refractivity contribution in [3.05, 3.63) is 0 Å². The van der Waals surface area contributed by atoms with E-state index in [2.05, 4.69) is 17.9 Å². The van der Waals surface area contributed by atoms with Gasteiger partial charge >= 0.3 is 0 Å². The minimum Gasteiger partial charge on any atom is -0.334 e. The Hall–Kier alpha value is -0.600. The van der Waals surface area contributed by atoms with E-state index in [1.54, 1.807) is 0 Å². The SMILES string of the molecule is CP(OCCC#N)OCC[C@@H]1[C@@H]2CCC#CCC[C@@H]21. The molecule has 1 fully saturated rings. The topological polar surface area (TPSA) is 42.2 Å². The van der Waals surface area contributed by atoms with Crippen molar-refractivity contribution in [2.75, 3.05) is 19.9 Å². The van der Waals surface area contributed by atoms with E-state index < -0.39 is 8.38 Å². The maximum atomic E-state index is 8.43. The molecule has 0 heterocycles. The van der Waals surface area contributed by atoms with Crippen LogP contribution in [-0.2, 0) is 9.05 Å². The van der Waals surface area contributed by atoms with Crippen molar-refractivity contribution in [3.63, 3.8) is 0 Å². The second-order valence-corrected chi connectivity index (χ2v) is 6.62. The second kappa shape index (κ2) is 7.86. The first kappa shape index (κ1) is 14.8. The van der Waals surface area contributed by atoms with E-state index in [1.807, 2.05) is 6.66 Å². The third-order valence-corrected chi connectivity index (χ3v) is 5.14. The van der Waals surface area contributed by atoms with Crippen molar-refractivity contribution < 1.29 is 9.05 Å². The largest absolute Gasteiger partial charge is 0.334 e. The van der Waals surface area contributed by atoms with Crippen LogP contribution in [-0.4, -0.2) is 19.9 Å². The van der Waals surface area contributed by atoms with Crippen LogP contribution in [0.4, 0.5) is 0 Å². The lowest BCUT2D eigenvalue weighted by atomic mass is 10.1. The number of nitriles is 1. The van der Waals surface area contributed by atoms with Crippen molar-refractivity contribution in [3.8, 4) is 17.9 Å². The monoisotopic (exact) mass is 279 g/mol. The fourth-order valence-corrected chi connectivity index (χ4v) is 3.82. The number of rotatable bonds is 7. The first-order valence-electron chi connectivity index (χ1n) is 7.15. The van der Waals surface area contributed by atoms with Crippen molar-refractivity contribution in [2.45, 2.75) is 38.5 Å². The predicted octanol–water partition coefficient (Wildman–Crippen LogP) is 3.70. The number of hydrogen-bond acceptors (Lipinski definition) is 3. The van der Waals surface area contributed by atoms with Crippen LogP contribution in [0.15, 0.2) is 0 Å². The minimum atomic E-state index is -0.803. The van der Waals surface area contributed by atoms with Gasteiger partial charge in [0, 0.05) is 19.5 Å². The van der Waals surface area contributed by atoms with Crippen LogP contribution in [0.1, 0.15) is 38.5 Å². The lowest BCUT2D eigenvalue weighted by molar-refractivity contribution is 0.247. The summed E-state index contributed by atoms with van der Waals surface area (Å²) in [5.41, 5.74) is 0. The Balaban J connectivity index is 1.56. The van der Waals surface area contributed by atoms with Gasteiger partial charge in [-0.25, -0.2) is 0 Å². The fraction of sp³-hybridized carbons (Fsp3) is 0.800. The normalized spacial score (nSPS) is 30.0. The Bertz CT molecular complexity index is 364. The van der Waals surface area contributed by atoms with Crippen molar-refractivity contribution >= 4 is 8.38 Å². The van der Waals surface area contributed by atoms with Gasteiger partial charge in [0.05, 0.1) is 25.7 Å². The maximum Gasteiger partial charge on any atom is 0.167 e. The molecule has 0 aromatic rings. The standard InChI is InChI=1S/C15H22NO2P/c1-19(17-11-6-10-16)18-12-9-15-13-7-4-2-3-5-8-14(13)15/h13-15H,4-9,11-12H2,1H3/t13-,14+,15-,19?. The van der Waals surface area contributed by atoms with E-state index in [1.165, 1.54) is 12.8 Å². The molecule has 0 N–H and O–H groups in total. The summed E-state index contributed by atoms with van der Waals surface area (Å²) < 4.78 is 11.2. The Kier molecular flexibility index (Phi) is 6.12. The van der Waals surface area contributed by atoms with Crippen LogP contribution in [0.25, 0.3) is 0 Å². The van der Waals surface area contributed by atoms with Crippen LogP contribution in [0.3, 0.4) is 0 Å². The molecule has 0 aromatic carbocycles. The van der Waals surface area contributed by atoms with E-state index in [4.69, 9.17) is 14.3 Å². The van der Waals surface area contributed by atoms with Gasteiger partial charge in [-0.05, 0) is 37.0 Å². The molecule has 2 aliphatic carbocycles. The first-order chi connectivity index (χ1) is 9.33. The van der Waals surface area contributed by atoms with E-state index >= 15 is 0 Å². The van der Waals surface area contributed by atoms with Crippen LogP contribution >= 0.6 is 8.38 Å². The van der Waals surface area contributed by atoms with E-state index in [0.29, 0.717) is 13.0 Å². The molecule has 0 spiro atoms. The molecule has 104 valence electrons. The lowest BCUT2D eigenvalue weighted by Gasteiger charge is -2.11.